The number of ether oxygens (including phenoxy) is 3. The molecule has 4 rings (SSSR count). The molecule has 4 aromatic rings. The summed E-state index contributed by atoms with van der Waals surface area (Å²) in [6.07, 6.45) is 1.59. The van der Waals surface area contributed by atoms with Crippen LogP contribution >= 0.6 is 0 Å². The van der Waals surface area contributed by atoms with E-state index in [2.05, 4.69) is 0 Å². The highest BCUT2D eigenvalue weighted by molar-refractivity contribution is 6.05. The van der Waals surface area contributed by atoms with Crippen LogP contribution < -0.4 is 19.8 Å². The average Bonchev–Trinajstić information content (AvgIpc) is 2.68. The number of hydrogen-bond acceptors (Lipinski definition) is 6. The number of pyridine rings is 2. The van der Waals surface area contributed by atoms with Gasteiger partial charge in [-0.1, -0.05) is 6.07 Å². The summed E-state index contributed by atoms with van der Waals surface area (Å²) >= 11 is 0. The molecule has 0 fully saturated rings. The highest BCUT2D eigenvalue weighted by atomic mass is 16.5. The molecule has 0 aliphatic carbocycles. The quantitative estimate of drug-likeness (QED) is 0.329. The highest BCUT2D eigenvalue weighted by Gasteiger charge is 2.19. The smallest absolute Gasteiger partial charge is 0.266 e. The van der Waals surface area contributed by atoms with E-state index in [0.717, 1.165) is 10.8 Å². The van der Waals surface area contributed by atoms with Gasteiger partial charge in [0.05, 0.1) is 32.2 Å². The number of aromatic hydroxyl groups is 2. The topological polar surface area (TPSA) is 89.6 Å². The number of phenols is 2. The van der Waals surface area contributed by atoms with Crippen LogP contribution in [-0.4, -0.2) is 35.9 Å². The normalized spacial score (nSPS) is 11.2. The van der Waals surface area contributed by atoms with Gasteiger partial charge in [-0.2, -0.15) is 0 Å². The van der Waals surface area contributed by atoms with Gasteiger partial charge in [0.1, 0.15) is 0 Å². The second kappa shape index (κ2) is 5.98. The van der Waals surface area contributed by atoms with Gasteiger partial charge in [0.15, 0.2) is 23.0 Å². The molecular weight excluding hydrogens is 350 g/mol. The van der Waals surface area contributed by atoms with Crippen molar-refractivity contribution in [3.8, 4) is 28.7 Å². The first kappa shape index (κ1) is 16.8. The van der Waals surface area contributed by atoms with Crippen LogP contribution in [0.15, 0.2) is 41.3 Å². The van der Waals surface area contributed by atoms with E-state index in [1.165, 1.54) is 31.8 Å². The lowest BCUT2D eigenvalue weighted by Crippen LogP contribution is -2.14. The van der Waals surface area contributed by atoms with E-state index >= 15 is 0 Å². The summed E-state index contributed by atoms with van der Waals surface area (Å²) in [5, 5.41) is 21.9. The Morgan fingerprint density at radius 2 is 1.63 bits per heavy atom. The standard InChI is InChI=1S/C20H17NO6/c1-25-15-9-12-11(18(26-2)19(15)27-3)6-7-21-13(12)8-10-4-5-14(22)17(23)16(10)20(21)24/h4-9,22-23H,1-3H3. The first-order valence-electron chi connectivity index (χ1n) is 8.13. The van der Waals surface area contributed by atoms with E-state index in [9.17, 15) is 15.0 Å². The van der Waals surface area contributed by atoms with Crippen molar-refractivity contribution in [2.24, 2.45) is 0 Å². The van der Waals surface area contributed by atoms with E-state index in [4.69, 9.17) is 14.2 Å². The predicted molar refractivity (Wildman–Crippen MR) is 102 cm³/mol. The molecule has 0 saturated heterocycles. The van der Waals surface area contributed by atoms with Crippen LogP contribution in [0.5, 0.6) is 28.7 Å². The van der Waals surface area contributed by atoms with Crippen molar-refractivity contribution >= 4 is 27.1 Å². The lowest BCUT2D eigenvalue weighted by atomic mass is 10.0. The van der Waals surface area contributed by atoms with Crippen molar-refractivity contribution in [3.63, 3.8) is 0 Å². The molecule has 7 heteroatoms. The van der Waals surface area contributed by atoms with E-state index in [1.54, 1.807) is 30.5 Å². The molecule has 2 N–H and O–H groups in total. The molecule has 0 unspecified atom stereocenters. The molecule has 0 spiro atoms. The second-order valence-electron chi connectivity index (χ2n) is 6.02. The number of phenolic OH excluding ortho intramolecular Hbond substituents is 2. The Morgan fingerprint density at radius 3 is 2.30 bits per heavy atom. The van der Waals surface area contributed by atoms with E-state index in [1.807, 2.05) is 0 Å². The molecule has 0 aliphatic heterocycles. The summed E-state index contributed by atoms with van der Waals surface area (Å²) in [5.41, 5.74) is 0.167. The van der Waals surface area contributed by atoms with Gasteiger partial charge in [-0.3, -0.25) is 9.20 Å². The molecule has 0 amide bonds. The lowest BCUT2D eigenvalue weighted by molar-refractivity contribution is 0.327. The molecule has 2 aromatic carbocycles. The fourth-order valence-corrected chi connectivity index (χ4v) is 3.45. The fourth-order valence-electron chi connectivity index (χ4n) is 3.45. The maximum atomic E-state index is 12.9. The zero-order chi connectivity index (χ0) is 19.3. The summed E-state index contributed by atoms with van der Waals surface area (Å²) in [5.74, 6) is 0.652. The Balaban J connectivity index is 2.25. The van der Waals surface area contributed by atoms with Crippen LogP contribution in [0.4, 0.5) is 0 Å². The van der Waals surface area contributed by atoms with Crippen molar-refractivity contribution in [1.29, 1.82) is 0 Å². The molecule has 0 saturated carbocycles. The van der Waals surface area contributed by atoms with Crippen LogP contribution in [0.2, 0.25) is 0 Å². The molecule has 27 heavy (non-hydrogen) atoms. The van der Waals surface area contributed by atoms with Gasteiger partial charge in [-0.05, 0) is 29.7 Å². The van der Waals surface area contributed by atoms with Crippen LogP contribution in [-0.2, 0) is 0 Å². The fraction of sp³-hybridized carbons (Fsp3) is 0.150. The zero-order valence-electron chi connectivity index (χ0n) is 14.9. The summed E-state index contributed by atoms with van der Waals surface area (Å²) in [6, 6.07) is 8.21. The monoisotopic (exact) mass is 367 g/mol. The molecule has 7 nitrogen and oxygen atoms in total. The first-order valence-corrected chi connectivity index (χ1v) is 8.13. The molecule has 2 aromatic heterocycles. The minimum absolute atomic E-state index is 0.0549. The molecule has 0 atom stereocenters. The Hall–Kier alpha value is -3.61. The summed E-state index contributed by atoms with van der Waals surface area (Å²) in [7, 11) is 4.59. The minimum Gasteiger partial charge on any atom is -0.504 e. The van der Waals surface area contributed by atoms with E-state index in [0.29, 0.717) is 28.2 Å². The maximum absolute atomic E-state index is 12.9. The lowest BCUT2D eigenvalue weighted by Gasteiger charge is -2.16. The third-order valence-electron chi connectivity index (χ3n) is 4.71. The van der Waals surface area contributed by atoms with Crippen molar-refractivity contribution in [2.75, 3.05) is 21.3 Å². The van der Waals surface area contributed by atoms with Gasteiger partial charge in [0.2, 0.25) is 5.75 Å². The summed E-state index contributed by atoms with van der Waals surface area (Å²) in [4.78, 5) is 12.9. The number of fused-ring (bicyclic) bond motifs is 4. The Kier molecular flexibility index (Phi) is 3.73. The minimum atomic E-state index is -0.438. The third kappa shape index (κ3) is 2.25. The summed E-state index contributed by atoms with van der Waals surface area (Å²) in [6.45, 7) is 0. The largest absolute Gasteiger partial charge is 0.504 e. The molecule has 0 bridgehead atoms. The van der Waals surface area contributed by atoms with E-state index < -0.39 is 11.3 Å². The van der Waals surface area contributed by atoms with Crippen molar-refractivity contribution < 1.29 is 24.4 Å². The molecule has 0 radical (unpaired) electrons. The number of benzene rings is 2. The Bertz CT molecular complexity index is 1280. The first-order chi connectivity index (χ1) is 13.0. The van der Waals surface area contributed by atoms with Gasteiger partial charge in [0, 0.05) is 17.0 Å². The number of hydrogen-bond donors (Lipinski definition) is 2. The zero-order valence-corrected chi connectivity index (χ0v) is 14.9. The van der Waals surface area contributed by atoms with Gasteiger partial charge in [0.25, 0.3) is 5.56 Å². The average molecular weight is 367 g/mol. The van der Waals surface area contributed by atoms with Crippen LogP contribution in [0, 0.1) is 0 Å². The Morgan fingerprint density at radius 1 is 0.889 bits per heavy atom. The highest BCUT2D eigenvalue weighted by Crippen LogP contribution is 2.44. The maximum Gasteiger partial charge on any atom is 0.266 e. The number of methoxy groups -OCH3 is 3. The molecule has 138 valence electrons. The molecular formula is C20H17NO6. The number of rotatable bonds is 3. The Labute approximate surface area is 153 Å². The SMILES string of the molecule is COc1cc2c(ccn3c(=O)c4c(O)c(O)ccc4cc23)c(OC)c1OC. The van der Waals surface area contributed by atoms with Crippen molar-refractivity contribution in [2.45, 2.75) is 0 Å². The van der Waals surface area contributed by atoms with Crippen LogP contribution in [0.25, 0.3) is 27.1 Å². The van der Waals surface area contributed by atoms with Gasteiger partial charge in [-0.15, -0.1) is 0 Å². The van der Waals surface area contributed by atoms with E-state index in [-0.39, 0.29) is 11.1 Å². The van der Waals surface area contributed by atoms with Gasteiger partial charge >= 0.3 is 0 Å². The van der Waals surface area contributed by atoms with Crippen LogP contribution in [0.3, 0.4) is 0 Å². The van der Waals surface area contributed by atoms with Crippen LogP contribution in [0.1, 0.15) is 0 Å². The van der Waals surface area contributed by atoms with Gasteiger partial charge < -0.3 is 24.4 Å². The molecule has 0 aliphatic rings. The van der Waals surface area contributed by atoms with Crippen molar-refractivity contribution in [3.05, 3.63) is 46.9 Å². The summed E-state index contributed by atoms with van der Waals surface area (Å²) < 4.78 is 17.8. The predicted octanol–water partition coefficient (Wildman–Crippen LogP) is 3.04. The van der Waals surface area contributed by atoms with Crippen molar-refractivity contribution in [1.82, 2.24) is 4.40 Å². The van der Waals surface area contributed by atoms with Gasteiger partial charge in [-0.25, -0.2) is 0 Å². The number of aromatic nitrogens is 1. The second-order valence-corrected chi connectivity index (χ2v) is 6.02. The number of nitrogens with zero attached hydrogens (tertiary/aromatic N) is 1. The molecule has 2 heterocycles. The third-order valence-corrected chi connectivity index (χ3v) is 4.71.